The van der Waals surface area contributed by atoms with Crippen LogP contribution in [0.4, 0.5) is 17.1 Å². The van der Waals surface area contributed by atoms with Gasteiger partial charge in [0.15, 0.2) is 0 Å². The van der Waals surface area contributed by atoms with Gasteiger partial charge in [0.1, 0.15) is 0 Å². The second kappa shape index (κ2) is 5.83. The predicted molar refractivity (Wildman–Crippen MR) is 87.4 cm³/mol. The third kappa shape index (κ3) is 3.59. The van der Waals surface area contributed by atoms with Crippen LogP contribution in [0.2, 0.25) is 5.02 Å². The minimum atomic E-state index is -3.69. The zero-order valence-corrected chi connectivity index (χ0v) is 13.2. The van der Waals surface area contributed by atoms with E-state index in [-0.39, 0.29) is 10.6 Å². The number of nitrogens with two attached hydrogens (primary N) is 1. The van der Waals surface area contributed by atoms with Crippen molar-refractivity contribution in [2.24, 2.45) is 0 Å². The van der Waals surface area contributed by atoms with Crippen LogP contribution in [0, 0.1) is 0 Å². The first-order chi connectivity index (χ1) is 9.79. The van der Waals surface area contributed by atoms with Gasteiger partial charge in [0.25, 0.3) is 10.0 Å². The smallest absolute Gasteiger partial charge is 0.261 e. The third-order valence-electron chi connectivity index (χ3n) is 2.91. The summed E-state index contributed by atoms with van der Waals surface area (Å²) in [5.74, 6) is 0. The number of rotatable bonds is 4. The van der Waals surface area contributed by atoms with Gasteiger partial charge in [0, 0.05) is 25.5 Å². The molecule has 0 saturated carbocycles. The highest BCUT2D eigenvalue weighted by molar-refractivity contribution is 7.92. The van der Waals surface area contributed by atoms with Gasteiger partial charge in [0.05, 0.1) is 15.6 Å². The van der Waals surface area contributed by atoms with Crippen LogP contribution in [0.1, 0.15) is 0 Å². The lowest BCUT2D eigenvalue weighted by atomic mass is 10.3. The van der Waals surface area contributed by atoms with Gasteiger partial charge in [-0.2, -0.15) is 0 Å². The topological polar surface area (TPSA) is 75.4 Å². The van der Waals surface area contributed by atoms with Crippen LogP contribution in [-0.4, -0.2) is 22.5 Å². The van der Waals surface area contributed by atoms with Crippen LogP contribution in [0.3, 0.4) is 0 Å². The molecule has 0 aliphatic heterocycles. The highest BCUT2D eigenvalue weighted by Gasteiger charge is 2.15. The molecule has 0 heterocycles. The Kier molecular flexibility index (Phi) is 4.29. The number of hydrogen-bond donors (Lipinski definition) is 2. The van der Waals surface area contributed by atoms with Gasteiger partial charge in [-0.25, -0.2) is 8.42 Å². The molecule has 2 aromatic rings. The van der Waals surface area contributed by atoms with Crippen molar-refractivity contribution >= 4 is 38.7 Å². The summed E-state index contributed by atoms with van der Waals surface area (Å²) in [4.78, 5) is 2.00. The van der Waals surface area contributed by atoms with E-state index < -0.39 is 10.0 Å². The normalized spacial score (nSPS) is 11.2. The first-order valence-corrected chi connectivity index (χ1v) is 8.01. The van der Waals surface area contributed by atoms with Gasteiger partial charge in [0.2, 0.25) is 0 Å². The maximum atomic E-state index is 12.3. The van der Waals surface area contributed by atoms with Crippen molar-refractivity contribution in [3.05, 3.63) is 47.5 Å². The summed E-state index contributed by atoms with van der Waals surface area (Å²) in [6, 6.07) is 11.3. The van der Waals surface area contributed by atoms with Gasteiger partial charge in [-0.1, -0.05) is 11.6 Å². The summed E-state index contributed by atoms with van der Waals surface area (Å²) >= 11 is 5.79. The first kappa shape index (κ1) is 15.5. The van der Waals surface area contributed by atoms with E-state index in [9.17, 15) is 8.42 Å². The van der Waals surface area contributed by atoms with Crippen LogP contribution in [0.15, 0.2) is 47.4 Å². The van der Waals surface area contributed by atoms with Crippen molar-refractivity contribution < 1.29 is 8.42 Å². The highest BCUT2D eigenvalue weighted by Crippen LogP contribution is 2.24. The van der Waals surface area contributed by atoms with Crippen molar-refractivity contribution in [1.29, 1.82) is 0 Å². The molecular formula is C14H16ClN3O2S. The number of nitrogens with zero attached hydrogens (tertiary/aromatic N) is 1. The van der Waals surface area contributed by atoms with Crippen LogP contribution >= 0.6 is 11.6 Å². The Morgan fingerprint density at radius 2 is 1.71 bits per heavy atom. The van der Waals surface area contributed by atoms with Gasteiger partial charge >= 0.3 is 0 Å². The first-order valence-electron chi connectivity index (χ1n) is 6.15. The van der Waals surface area contributed by atoms with E-state index in [1.165, 1.54) is 18.2 Å². The summed E-state index contributed by atoms with van der Waals surface area (Å²) in [7, 11) is 0.137. The Bertz CT molecular complexity index is 743. The number of hydrogen-bond acceptors (Lipinski definition) is 4. The van der Waals surface area contributed by atoms with Crippen molar-refractivity contribution in [2.75, 3.05) is 29.5 Å². The second-order valence-corrected chi connectivity index (χ2v) is 6.82. The quantitative estimate of drug-likeness (QED) is 0.848. The molecule has 0 spiro atoms. The molecule has 2 aromatic carbocycles. The standard InChI is InChI=1S/C14H16ClN3O2S/c1-18(2)11-5-3-10(4-6-11)17-21(19,20)12-7-8-13(15)14(16)9-12/h3-9,17H,16H2,1-2H3. The fraction of sp³-hybridized carbons (Fsp3) is 0.143. The van der Waals surface area contributed by atoms with Gasteiger partial charge in [-0.05, 0) is 42.5 Å². The molecule has 0 atom stereocenters. The van der Waals surface area contributed by atoms with E-state index in [0.717, 1.165) is 5.69 Å². The summed E-state index contributed by atoms with van der Waals surface area (Å²) in [5.41, 5.74) is 7.32. The molecule has 112 valence electrons. The van der Waals surface area contributed by atoms with Crippen LogP contribution < -0.4 is 15.4 Å². The molecule has 0 radical (unpaired) electrons. The highest BCUT2D eigenvalue weighted by atomic mass is 35.5. The maximum Gasteiger partial charge on any atom is 0.261 e. The van der Waals surface area contributed by atoms with Gasteiger partial charge in [-0.3, -0.25) is 4.72 Å². The fourth-order valence-electron chi connectivity index (χ4n) is 1.73. The minimum Gasteiger partial charge on any atom is -0.397 e. The molecule has 0 aromatic heterocycles. The Balaban J connectivity index is 2.26. The summed E-state index contributed by atoms with van der Waals surface area (Å²) < 4.78 is 27.0. The number of anilines is 3. The minimum absolute atomic E-state index is 0.0705. The zero-order valence-electron chi connectivity index (χ0n) is 11.7. The largest absolute Gasteiger partial charge is 0.397 e. The van der Waals surface area contributed by atoms with Crippen LogP contribution in [0.25, 0.3) is 0 Å². The Labute approximate surface area is 129 Å². The van der Waals surface area contributed by atoms with Crippen molar-refractivity contribution in [2.45, 2.75) is 4.90 Å². The van der Waals surface area contributed by atoms with Gasteiger partial charge < -0.3 is 10.6 Å². The number of sulfonamides is 1. The second-order valence-electron chi connectivity index (χ2n) is 4.73. The third-order valence-corrected chi connectivity index (χ3v) is 4.64. The lowest BCUT2D eigenvalue weighted by molar-refractivity contribution is 0.601. The average molecular weight is 326 g/mol. The van der Waals surface area contributed by atoms with Crippen molar-refractivity contribution in [1.82, 2.24) is 0 Å². The number of benzene rings is 2. The number of nitrogen functional groups attached to an aromatic ring is 1. The molecule has 3 N–H and O–H groups in total. The molecule has 0 amide bonds. The molecule has 21 heavy (non-hydrogen) atoms. The Hall–Kier alpha value is -1.92. The van der Waals surface area contributed by atoms with E-state index in [0.29, 0.717) is 10.7 Å². The molecule has 2 rings (SSSR count). The lowest BCUT2D eigenvalue weighted by Crippen LogP contribution is -2.13. The lowest BCUT2D eigenvalue weighted by Gasteiger charge is -2.13. The monoisotopic (exact) mass is 325 g/mol. The molecule has 5 nitrogen and oxygen atoms in total. The van der Waals surface area contributed by atoms with Crippen molar-refractivity contribution in [3.63, 3.8) is 0 Å². The molecule has 0 aliphatic rings. The fourth-order valence-corrected chi connectivity index (χ4v) is 2.94. The molecule has 0 saturated heterocycles. The van der Waals surface area contributed by atoms with Crippen LogP contribution in [-0.2, 0) is 10.0 Å². The summed E-state index contributed by atoms with van der Waals surface area (Å²) in [6.45, 7) is 0. The SMILES string of the molecule is CN(C)c1ccc(NS(=O)(=O)c2ccc(Cl)c(N)c2)cc1. The van der Waals surface area contributed by atoms with Gasteiger partial charge in [-0.15, -0.1) is 0 Å². The van der Waals surface area contributed by atoms with Crippen LogP contribution in [0.5, 0.6) is 0 Å². The maximum absolute atomic E-state index is 12.3. The molecule has 7 heteroatoms. The van der Waals surface area contributed by atoms with E-state index in [2.05, 4.69) is 4.72 Å². The summed E-state index contributed by atoms with van der Waals surface area (Å²) in [6.07, 6.45) is 0. The number of halogens is 1. The molecule has 0 unspecified atom stereocenters. The van der Waals surface area contributed by atoms with Crippen molar-refractivity contribution in [3.8, 4) is 0 Å². The average Bonchev–Trinajstić information content (AvgIpc) is 2.42. The Morgan fingerprint density at radius 1 is 1.10 bits per heavy atom. The zero-order chi connectivity index (χ0) is 15.6. The van der Waals surface area contributed by atoms with E-state index >= 15 is 0 Å². The molecule has 0 aliphatic carbocycles. The summed E-state index contributed by atoms with van der Waals surface area (Å²) in [5, 5.41) is 0.323. The molecule has 0 fully saturated rings. The van der Waals surface area contributed by atoms with E-state index in [1.54, 1.807) is 12.1 Å². The molecule has 0 bridgehead atoms. The predicted octanol–water partition coefficient (Wildman–Crippen LogP) is 2.79. The molecular weight excluding hydrogens is 310 g/mol. The Morgan fingerprint density at radius 3 is 2.24 bits per heavy atom. The van der Waals surface area contributed by atoms with E-state index in [4.69, 9.17) is 17.3 Å². The van der Waals surface area contributed by atoms with E-state index in [1.807, 2.05) is 31.1 Å². The number of nitrogens with one attached hydrogen (secondary N) is 1.